The first-order chi connectivity index (χ1) is 7.96. The summed E-state index contributed by atoms with van der Waals surface area (Å²) in [6.45, 7) is -1.23. The molecule has 0 radical (unpaired) electrons. The molecule has 0 saturated carbocycles. The zero-order valence-corrected chi connectivity index (χ0v) is 8.62. The highest BCUT2D eigenvalue weighted by atomic mass is 19.4. The molecule has 88 valence electrons. The zero-order valence-electron chi connectivity index (χ0n) is 8.62. The van der Waals surface area contributed by atoms with Gasteiger partial charge in [-0.3, -0.25) is 5.32 Å². The highest BCUT2D eigenvalue weighted by Crippen LogP contribution is 2.17. The van der Waals surface area contributed by atoms with Crippen LogP contribution in [0.4, 0.5) is 13.2 Å². The largest absolute Gasteiger partial charge is 0.401 e. The van der Waals surface area contributed by atoms with Crippen molar-refractivity contribution in [3.05, 3.63) is 35.4 Å². The molecule has 0 fully saturated rings. The third-order valence-electron chi connectivity index (χ3n) is 2.01. The van der Waals surface area contributed by atoms with Crippen LogP contribution in [0.5, 0.6) is 0 Å². The highest BCUT2D eigenvalue weighted by Gasteiger charge is 2.28. The minimum Gasteiger partial charge on any atom is -0.290 e. The molecular weight excluding hydrogens is 231 g/mol. The summed E-state index contributed by atoms with van der Waals surface area (Å²) in [5.41, 5.74) is 0.789. The number of benzene rings is 1. The fraction of sp³-hybridized carbons (Fsp3) is 0.273. The third kappa shape index (κ3) is 4.13. The van der Waals surface area contributed by atoms with Crippen LogP contribution in [-0.2, 0) is 0 Å². The second-order valence-corrected chi connectivity index (χ2v) is 3.29. The first-order valence-electron chi connectivity index (χ1n) is 4.66. The van der Waals surface area contributed by atoms with E-state index in [2.05, 4.69) is 5.32 Å². The highest BCUT2D eigenvalue weighted by molar-refractivity contribution is 5.34. The Bertz CT molecular complexity index is 451. The third-order valence-corrected chi connectivity index (χ3v) is 2.01. The average Bonchev–Trinajstić information content (AvgIpc) is 2.29. The molecule has 0 amide bonds. The van der Waals surface area contributed by atoms with Gasteiger partial charge in [0.1, 0.15) is 6.04 Å². The quantitative estimate of drug-likeness (QED) is 0.880. The van der Waals surface area contributed by atoms with Crippen molar-refractivity contribution in [2.24, 2.45) is 0 Å². The Morgan fingerprint density at radius 1 is 1.18 bits per heavy atom. The van der Waals surface area contributed by atoms with Gasteiger partial charge in [0.25, 0.3) is 0 Å². The van der Waals surface area contributed by atoms with Crippen molar-refractivity contribution in [2.75, 3.05) is 6.54 Å². The summed E-state index contributed by atoms with van der Waals surface area (Å²) in [5.74, 6) is 0. The standard InChI is InChI=1S/C11H8F3N3/c12-11(13,14)7-17-10(6-16)9-3-1-8(5-15)2-4-9/h1-4,10,17H,7H2. The summed E-state index contributed by atoms with van der Waals surface area (Å²) >= 11 is 0. The van der Waals surface area contributed by atoms with Crippen LogP contribution in [0.3, 0.4) is 0 Å². The van der Waals surface area contributed by atoms with Crippen LogP contribution in [0, 0.1) is 22.7 Å². The normalized spacial score (nSPS) is 12.5. The van der Waals surface area contributed by atoms with Crippen LogP contribution in [0.25, 0.3) is 0 Å². The maximum absolute atomic E-state index is 12.0. The van der Waals surface area contributed by atoms with Crippen molar-refractivity contribution in [1.82, 2.24) is 5.32 Å². The van der Waals surface area contributed by atoms with E-state index >= 15 is 0 Å². The van der Waals surface area contributed by atoms with Crippen molar-refractivity contribution >= 4 is 0 Å². The lowest BCUT2D eigenvalue weighted by molar-refractivity contribution is -0.125. The van der Waals surface area contributed by atoms with Gasteiger partial charge in [0.2, 0.25) is 0 Å². The predicted octanol–water partition coefficient (Wildman–Crippen LogP) is 2.27. The van der Waals surface area contributed by atoms with Gasteiger partial charge in [-0.1, -0.05) is 12.1 Å². The number of hydrogen-bond acceptors (Lipinski definition) is 3. The monoisotopic (exact) mass is 239 g/mol. The molecule has 1 atom stereocenters. The molecule has 6 heteroatoms. The number of halogens is 3. The maximum atomic E-state index is 12.0. The molecule has 1 unspecified atom stereocenters. The summed E-state index contributed by atoms with van der Waals surface area (Å²) < 4.78 is 35.9. The Hall–Kier alpha value is -2.05. The number of hydrogen-bond donors (Lipinski definition) is 1. The molecule has 1 N–H and O–H groups in total. The summed E-state index contributed by atoms with van der Waals surface area (Å²) in [7, 11) is 0. The van der Waals surface area contributed by atoms with Crippen LogP contribution in [0.2, 0.25) is 0 Å². The number of alkyl halides is 3. The first kappa shape index (κ1) is 13.0. The zero-order chi connectivity index (χ0) is 12.9. The summed E-state index contributed by atoms with van der Waals surface area (Å²) in [4.78, 5) is 0. The van der Waals surface area contributed by atoms with Crippen LogP contribution in [0.15, 0.2) is 24.3 Å². The minimum atomic E-state index is -4.36. The Labute approximate surface area is 96.1 Å². The van der Waals surface area contributed by atoms with E-state index < -0.39 is 18.8 Å². The van der Waals surface area contributed by atoms with E-state index in [0.29, 0.717) is 11.1 Å². The van der Waals surface area contributed by atoms with Crippen LogP contribution in [0.1, 0.15) is 17.2 Å². The molecule has 0 aliphatic carbocycles. The smallest absolute Gasteiger partial charge is 0.290 e. The van der Waals surface area contributed by atoms with Gasteiger partial charge in [-0.15, -0.1) is 0 Å². The number of nitriles is 2. The fourth-order valence-corrected chi connectivity index (χ4v) is 1.21. The summed E-state index contributed by atoms with van der Waals surface area (Å²) in [5, 5.41) is 19.4. The second kappa shape index (κ2) is 5.33. The van der Waals surface area contributed by atoms with Crippen LogP contribution in [-0.4, -0.2) is 12.7 Å². The van der Waals surface area contributed by atoms with Gasteiger partial charge >= 0.3 is 6.18 Å². The van der Waals surface area contributed by atoms with Gasteiger partial charge < -0.3 is 0 Å². The van der Waals surface area contributed by atoms with Gasteiger partial charge in [0.05, 0.1) is 24.2 Å². The van der Waals surface area contributed by atoms with Crippen molar-refractivity contribution in [3.8, 4) is 12.1 Å². The lowest BCUT2D eigenvalue weighted by atomic mass is 10.1. The molecule has 1 rings (SSSR count). The van der Waals surface area contributed by atoms with Gasteiger partial charge in [0.15, 0.2) is 0 Å². The minimum absolute atomic E-state index is 0.390. The number of nitrogens with one attached hydrogen (secondary N) is 1. The summed E-state index contributed by atoms with van der Waals surface area (Å²) in [6, 6.07) is 8.40. The van der Waals surface area contributed by atoms with Crippen LogP contribution >= 0.6 is 0 Å². The van der Waals surface area contributed by atoms with Crippen molar-refractivity contribution < 1.29 is 13.2 Å². The predicted molar refractivity (Wildman–Crippen MR) is 53.6 cm³/mol. The Kier molecular flexibility index (Phi) is 4.08. The first-order valence-corrected chi connectivity index (χ1v) is 4.66. The van der Waals surface area contributed by atoms with E-state index in [1.54, 1.807) is 6.07 Å². The number of nitrogens with zero attached hydrogens (tertiary/aromatic N) is 2. The second-order valence-electron chi connectivity index (χ2n) is 3.29. The fourth-order valence-electron chi connectivity index (χ4n) is 1.21. The SMILES string of the molecule is N#Cc1ccc(C(C#N)NCC(F)(F)F)cc1. The molecule has 0 heterocycles. The van der Waals surface area contributed by atoms with E-state index in [9.17, 15) is 13.2 Å². The molecule has 0 bridgehead atoms. The van der Waals surface area contributed by atoms with E-state index in [-0.39, 0.29) is 0 Å². The molecular formula is C11H8F3N3. The van der Waals surface area contributed by atoms with Crippen molar-refractivity contribution in [2.45, 2.75) is 12.2 Å². The Balaban J connectivity index is 2.74. The Morgan fingerprint density at radius 2 is 1.76 bits per heavy atom. The van der Waals surface area contributed by atoms with Crippen molar-refractivity contribution in [3.63, 3.8) is 0 Å². The van der Waals surface area contributed by atoms with E-state index in [1.165, 1.54) is 24.3 Å². The maximum Gasteiger partial charge on any atom is 0.401 e. The number of rotatable bonds is 3. The molecule has 1 aromatic rings. The van der Waals surface area contributed by atoms with Crippen LogP contribution < -0.4 is 5.32 Å². The van der Waals surface area contributed by atoms with E-state index in [0.717, 1.165) is 0 Å². The lowest BCUT2D eigenvalue weighted by Gasteiger charge is -2.13. The lowest BCUT2D eigenvalue weighted by Crippen LogP contribution is -2.31. The van der Waals surface area contributed by atoms with E-state index in [4.69, 9.17) is 10.5 Å². The molecule has 0 aromatic heterocycles. The molecule has 0 saturated heterocycles. The van der Waals surface area contributed by atoms with Crippen molar-refractivity contribution in [1.29, 1.82) is 10.5 Å². The molecule has 1 aromatic carbocycles. The van der Waals surface area contributed by atoms with Gasteiger partial charge in [0, 0.05) is 0 Å². The molecule has 3 nitrogen and oxygen atoms in total. The molecule has 0 spiro atoms. The molecule has 17 heavy (non-hydrogen) atoms. The van der Waals surface area contributed by atoms with Gasteiger partial charge in [-0.2, -0.15) is 23.7 Å². The van der Waals surface area contributed by atoms with Gasteiger partial charge in [-0.05, 0) is 17.7 Å². The molecule has 0 aliphatic rings. The molecule has 0 aliphatic heterocycles. The van der Waals surface area contributed by atoms with Gasteiger partial charge in [-0.25, -0.2) is 0 Å². The average molecular weight is 239 g/mol. The summed E-state index contributed by atoms with van der Waals surface area (Å²) in [6.07, 6.45) is -4.36. The Morgan fingerprint density at radius 3 is 2.18 bits per heavy atom. The van der Waals surface area contributed by atoms with E-state index in [1.807, 2.05) is 6.07 Å². The topological polar surface area (TPSA) is 59.6 Å².